The minimum atomic E-state index is -0.230. The molecule has 0 saturated carbocycles. The predicted molar refractivity (Wildman–Crippen MR) is 96.3 cm³/mol. The Labute approximate surface area is 147 Å². The molecular weight excluding hydrogens is 319 g/mol. The number of carbonyl (C=O) groups is 1. The van der Waals surface area contributed by atoms with Gasteiger partial charge < -0.3 is 10.1 Å². The van der Waals surface area contributed by atoms with Gasteiger partial charge in [-0.1, -0.05) is 6.07 Å². The molecule has 1 N–H and O–H groups in total. The molecule has 5 heteroatoms. The molecule has 1 heterocycles. The van der Waals surface area contributed by atoms with Crippen molar-refractivity contribution >= 4 is 11.6 Å². The Morgan fingerprint density at radius 3 is 2.76 bits per heavy atom. The van der Waals surface area contributed by atoms with E-state index in [4.69, 9.17) is 4.74 Å². The fourth-order valence-electron chi connectivity index (χ4n) is 3.24. The van der Waals surface area contributed by atoms with Crippen LogP contribution in [-0.2, 0) is 11.2 Å². The maximum atomic E-state index is 13.5. The number of hydrogen-bond acceptors (Lipinski definition) is 3. The quantitative estimate of drug-likeness (QED) is 0.899. The topological polar surface area (TPSA) is 41.6 Å². The SMILES string of the molecule is CCOc1ccc(NC(=O)CN2CCc3ccc(F)cc3C2C)cc1. The zero-order valence-corrected chi connectivity index (χ0v) is 14.6. The highest BCUT2D eigenvalue weighted by Gasteiger charge is 2.25. The zero-order valence-electron chi connectivity index (χ0n) is 14.6. The van der Waals surface area contributed by atoms with Gasteiger partial charge in [-0.3, -0.25) is 9.69 Å². The summed E-state index contributed by atoms with van der Waals surface area (Å²) in [6.07, 6.45) is 0.830. The maximum absolute atomic E-state index is 13.5. The van der Waals surface area contributed by atoms with Crippen molar-refractivity contribution in [2.75, 3.05) is 25.0 Å². The average Bonchev–Trinajstić information content (AvgIpc) is 2.60. The highest BCUT2D eigenvalue weighted by atomic mass is 19.1. The van der Waals surface area contributed by atoms with E-state index in [1.54, 1.807) is 6.07 Å². The van der Waals surface area contributed by atoms with Crippen LogP contribution in [0.25, 0.3) is 0 Å². The maximum Gasteiger partial charge on any atom is 0.238 e. The van der Waals surface area contributed by atoms with Crippen LogP contribution in [0.3, 0.4) is 0 Å². The van der Waals surface area contributed by atoms with Gasteiger partial charge in [-0.05, 0) is 67.8 Å². The summed E-state index contributed by atoms with van der Waals surface area (Å²) in [5, 5.41) is 2.90. The largest absolute Gasteiger partial charge is 0.494 e. The summed E-state index contributed by atoms with van der Waals surface area (Å²) in [7, 11) is 0. The number of hydrogen-bond donors (Lipinski definition) is 1. The summed E-state index contributed by atoms with van der Waals surface area (Å²) in [5.74, 6) is 0.478. The van der Waals surface area contributed by atoms with Crippen molar-refractivity contribution in [2.45, 2.75) is 26.3 Å². The molecule has 0 fully saturated rings. The summed E-state index contributed by atoms with van der Waals surface area (Å²) in [6, 6.07) is 12.3. The third kappa shape index (κ3) is 4.17. The van der Waals surface area contributed by atoms with E-state index in [-0.39, 0.29) is 24.3 Å². The molecule has 2 aromatic rings. The van der Waals surface area contributed by atoms with Crippen LogP contribution in [0.2, 0.25) is 0 Å². The van der Waals surface area contributed by atoms with Crippen LogP contribution in [-0.4, -0.2) is 30.5 Å². The van der Waals surface area contributed by atoms with Crippen molar-refractivity contribution in [1.82, 2.24) is 4.90 Å². The first-order chi connectivity index (χ1) is 12.1. The molecule has 2 aromatic carbocycles. The Hall–Kier alpha value is -2.40. The van der Waals surface area contributed by atoms with Crippen molar-refractivity contribution in [1.29, 1.82) is 0 Å². The smallest absolute Gasteiger partial charge is 0.238 e. The van der Waals surface area contributed by atoms with E-state index < -0.39 is 0 Å². The monoisotopic (exact) mass is 342 g/mol. The molecule has 0 aliphatic carbocycles. The van der Waals surface area contributed by atoms with Crippen molar-refractivity contribution in [3.05, 3.63) is 59.4 Å². The van der Waals surface area contributed by atoms with Gasteiger partial charge in [-0.15, -0.1) is 0 Å². The molecule has 0 spiro atoms. The summed E-state index contributed by atoms with van der Waals surface area (Å²) >= 11 is 0. The lowest BCUT2D eigenvalue weighted by Crippen LogP contribution is -2.39. The second kappa shape index (κ2) is 7.66. The third-order valence-electron chi connectivity index (χ3n) is 4.57. The summed E-state index contributed by atoms with van der Waals surface area (Å²) in [4.78, 5) is 14.4. The summed E-state index contributed by atoms with van der Waals surface area (Å²) in [6.45, 7) is 5.63. The number of anilines is 1. The average molecular weight is 342 g/mol. The molecular formula is C20H23FN2O2. The number of carbonyl (C=O) groups excluding carboxylic acids is 1. The molecule has 132 valence electrons. The number of halogens is 1. The molecule has 4 nitrogen and oxygen atoms in total. The van der Waals surface area contributed by atoms with E-state index >= 15 is 0 Å². The lowest BCUT2D eigenvalue weighted by molar-refractivity contribution is -0.117. The van der Waals surface area contributed by atoms with Gasteiger partial charge in [-0.2, -0.15) is 0 Å². The number of rotatable bonds is 5. The predicted octanol–water partition coefficient (Wildman–Crippen LogP) is 3.78. The second-order valence-electron chi connectivity index (χ2n) is 6.25. The normalized spacial score (nSPS) is 17.0. The minimum absolute atomic E-state index is 0.0190. The van der Waals surface area contributed by atoms with Crippen LogP contribution in [0, 0.1) is 5.82 Å². The van der Waals surface area contributed by atoms with Crippen LogP contribution in [0.1, 0.15) is 31.0 Å². The first-order valence-corrected chi connectivity index (χ1v) is 8.62. The Morgan fingerprint density at radius 1 is 1.28 bits per heavy atom. The van der Waals surface area contributed by atoms with E-state index in [0.717, 1.165) is 35.5 Å². The van der Waals surface area contributed by atoms with Crippen molar-refractivity contribution < 1.29 is 13.9 Å². The molecule has 0 bridgehead atoms. The van der Waals surface area contributed by atoms with Crippen molar-refractivity contribution in [3.63, 3.8) is 0 Å². The van der Waals surface area contributed by atoms with Crippen LogP contribution >= 0.6 is 0 Å². The fraction of sp³-hybridized carbons (Fsp3) is 0.350. The van der Waals surface area contributed by atoms with E-state index in [1.807, 2.05) is 44.2 Å². The van der Waals surface area contributed by atoms with Gasteiger partial charge in [0.2, 0.25) is 5.91 Å². The Balaban J connectivity index is 1.61. The number of benzene rings is 2. The lowest BCUT2D eigenvalue weighted by Gasteiger charge is -2.34. The van der Waals surface area contributed by atoms with Gasteiger partial charge >= 0.3 is 0 Å². The lowest BCUT2D eigenvalue weighted by atomic mass is 9.93. The Kier molecular flexibility index (Phi) is 5.34. The Morgan fingerprint density at radius 2 is 2.04 bits per heavy atom. The van der Waals surface area contributed by atoms with Crippen LogP contribution in [0.15, 0.2) is 42.5 Å². The van der Waals surface area contributed by atoms with E-state index in [9.17, 15) is 9.18 Å². The molecule has 0 radical (unpaired) electrons. The number of amides is 1. The standard InChI is InChI=1S/C20H23FN2O2/c1-3-25-18-8-6-17(7-9-18)22-20(24)13-23-11-10-15-4-5-16(21)12-19(15)14(23)2/h4-9,12,14H,3,10-11,13H2,1-2H3,(H,22,24). The highest BCUT2D eigenvalue weighted by Crippen LogP contribution is 2.29. The second-order valence-corrected chi connectivity index (χ2v) is 6.25. The van der Waals surface area contributed by atoms with Crippen molar-refractivity contribution in [3.8, 4) is 5.75 Å². The van der Waals surface area contributed by atoms with E-state index in [2.05, 4.69) is 10.2 Å². The van der Waals surface area contributed by atoms with Crippen molar-refractivity contribution in [2.24, 2.45) is 0 Å². The zero-order chi connectivity index (χ0) is 17.8. The van der Waals surface area contributed by atoms with Gasteiger partial charge in [0, 0.05) is 18.3 Å². The number of nitrogens with one attached hydrogen (secondary N) is 1. The molecule has 1 unspecified atom stereocenters. The van der Waals surface area contributed by atoms with Gasteiger partial charge in [0.25, 0.3) is 0 Å². The molecule has 25 heavy (non-hydrogen) atoms. The molecule has 1 atom stereocenters. The van der Waals surface area contributed by atoms with E-state index in [1.165, 1.54) is 6.07 Å². The van der Waals surface area contributed by atoms with Gasteiger partial charge in [0.1, 0.15) is 11.6 Å². The van der Waals surface area contributed by atoms with Crippen LogP contribution < -0.4 is 10.1 Å². The highest BCUT2D eigenvalue weighted by molar-refractivity contribution is 5.92. The molecule has 1 aliphatic rings. The Bertz CT molecular complexity index is 746. The van der Waals surface area contributed by atoms with Gasteiger partial charge in [0.15, 0.2) is 0 Å². The first-order valence-electron chi connectivity index (χ1n) is 8.62. The first kappa shape index (κ1) is 17.4. The summed E-state index contributed by atoms with van der Waals surface area (Å²) in [5.41, 5.74) is 2.88. The minimum Gasteiger partial charge on any atom is -0.494 e. The van der Waals surface area contributed by atoms with Gasteiger partial charge in [0.05, 0.1) is 13.2 Å². The fourth-order valence-corrected chi connectivity index (χ4v) is 3.24. The third-order valence-corrected chi connectivity index (χ3v) is 4.57. The number of ether oxygens (including phenoxy) is 1. The molecule has 1 amide bonds. The molecule has 3 rings (SSSR count). The molecule has 0 saturated heterocycles. The van der Waals surface area contributed by atoms with Crippen LogP contribution in [0.5, 0.6) is 5.75 Å². The number of fused-ring (bicyclic) bond motifs is 1. The number of nitrogens with zero attached hydrogens (tertiary/aromatic N) is 1. The summed E-state index contributed by atoms with van der Waals surface area (Å²) < 4.78 is 18.9. The molecule has 0 aromatic heterocycles. The van der Waals surface area contributed by atoms with Gasteiger partial charge in [-0.25, -0.2) is 4.39 Å². The van der Waals surface area contributed by atoms with E-state index in [0.29, 0.717) is 6.61 Å². The molecule has 1 aliphatic heterocycles. The van der Waals surface area contributed by atoms with Crippen LogP contribution in [0.4, 0.5) is 10.1 Å².